The number of rotatable bonds is 4. The van der Waals surface area contributed by atoms with E-state index in [-0.39, 0.29) is 0 Å². The Morgan fingerprint density at radius 1 is 0.676 bits per heavy atom. The van der Waals surface area contributed by atoms with Gasteiger partial charge in [-0.2, -0.15) is 5.10 Å². The van der Waals surface area contributed by atoms with Crippen molar-refractivity contribution < 1.29 is 0 Å². The lowest BCUT2D eigenvalue weighted by Crippen LogP contribution is -2.54. The number of fused-ring (bicyclic) bond motifs is 1. The molecule has 34 heavy (non-hydrogen) atoms. The average molecular weight is 468 g/mol. The maximum Gasteiger partial charge on any atom is 0.163 e. The molecule has 6 rings (SSSR count). The Morgan fingerprint density at radius 3 is 1.74 bits per heavy atom. The van der Waals surface area contributed by atoms with Crippen LogP contribution in [0.5, 0.6) is 0 Å². The number of anilines is 1. The molecule has 0 amide bonds. The fraction of sp³-hybridized carbons (Fsp3) is 0.800. The van der Waals surface area contributed by atoms with Crippen LogP contribution in [0.25, 0.3) is 11.0 Å². The van der Waals surface area contributed by atoms with E-state index in [9.17, 15) is 0 Å². The molecule has 0 spiro atoms. The van der Waals surface area contributed by atoms with Gasteiger partial charge in [0.1, 0.15) is 12.1 Å². The Bertz CT molecular complexity index is 931. The Kier molecular flexibility index (Phi) is 6.69. The molecule has 0 atom stereocenters. The Hall–Kier alpha value is -1.81. The molecular formula is C25H41N9. The van der Waals surface area contributed by atoms with E-state index in [0.717, 1.165) is 55.1 Å². The zero-order valence-corrected chi connectivity index (χ0v) is 20.5. The first kappa shape index (κ1) is 22.6. The van der Waals surface area contributed by atoms with Crippen LogP contribution >= 0.6 is 0 Å². The van der Waals surface area contributed by atoms with Gasteiger partial charge in [0.25, 0.3) is 0 Å². The second kappa shape index (κ2) is 10.0. The second-order valence-corrected chi connectivity index (χ2v) is 10.9. The Morgan fingerprint density at radius 2 is 1.18 bits per heavy atom. The summed E-state index contributed by atoms with van der Waals surface area (Å²) in [7, 11) is 0. The van der Waals surface area contributed by atoms with Gasteiger partial charge in [-0.05, 0) is 90.6 Å². The summed E-state index contributed by atoms with van der Waals surface area (Å²) in [5, 5.41) is 9.00. The molecule has 4 aliphatic heterocycles. The van der Waals surface area contributed by atoms with Crippen LogP contribution in [0.3, 0.4) is 0 Å². The number of nitrogen functional groups attached to an aromatic ring is 1. The molecule has 0 bridgehead atoms. The van der Waals surface area contributed by atoms with Gasteiger partial charge in [0.05, 0.1) is 17.6 Å². The number of nitrogens with one attached hydrogen (secondary N) is 1. The lowest BCUT2D eigenvalue weighted by molar-refractivity contribution is 0.0321. The van der Waals surface area contributed by atoms with Gasteiger partial charge in [0, 0.05) is 31.2 Å². The fourth-order valence-corrected chi connectivity index (χ4v) is 7.05. The van der Waals surface area contributed by atoms with Crippen molar-refractivity contribution in [2.75, 3.05) is 58.1 Å². The molecule has 3 N–H and O–H groups in total. The van der Waals surface area contributed by atoms with Crippen LogP contribution in [0.15, 0.2) is 12.5 Å². The summed E-state index contributed by atoms with van der Waals surface area (Å²) in [6.07, 6.45) is 13.7. The second-order valence-electron chi connectivity index (χ2n) is 10.9. The van der Waals surface area contributed by atoms with Gasteiger partial charge in [-0.3, -0.25) is 0 Å². The van der Waals surface area contributed by atoms with Crippen LogP contribution in [0.2, 0.25) is 0 Å². The lowest BCUT2D eigenvalue weighted by atomic mass is 9.94. The summed E-state index contributed by atoms with van der Waals surface area (Å²) in [4.78, 5) is 16.9. The molecule has 2 aromatic heterocycles. The zero-order valence-electron chi connectivity index (χ0n) is 20.5. The van der Waals surface area contributed by atoms with E-state index in [1.165, 1.54) is 77.8 Å². The van der Waals surface area contributed by atoms with Crippen LogP contribution in [0.1, 0.15) is 57.4 Å². The predicted octanol–water partition coefficient (Wildman–Crippen LogP) is 1.73. The smallest absolute Gasteiger partial charge is 0.163 e. The molecule has 0 aliphatic carbocycles. The summed E-state index contributed by atoms with van der Waals surface area (Å²) in [6.45, 7) is 9.90. The molecule has 186 valence electrons. The largest absolute Gasteiger partial charge is 0.383 e. The highest BCUT2D eigenvalue weighted by atomic mass is 15.3. The molecule has 4 aliphatic rings. The summed E-state index contributed by atoms with van der Waals surface area (Å²) >= 11 is 0. The van der Waals surface area contributed by atoms with E-state index in [1.54, 1.807) is 6.33 Å². The van der Waals surface area contributed by atoms with Crippen molar-refractivity contribution in [1.29, 1.82) is 0 Å². The van der Waals surface area contributed by atoms with Crippen molar-refractivity contribution in [2.45, 2.75) is 75.5 Å². The maximum atomic E-state index is 6.00. The van der Waals surface area contributed by atoms with Gasteiger partial charge in [-0.15, -0.1) is 0 Å². The first-order valence-corrected chi connectivity index (χ1v) is 13.6. The number of piperidine rings is 4. The number of hydrogen-bond donors (Lipinski definition) is 2. The molecule has 9 nitrogen and oxygen atoms in total. The van der Waals surface area contributed by atoms with E-state index in [0.29, 0.717) is 11.9 Å². The lowest BCUT2D eigenvalue weighted by Gasteiger charge is -2.46. The predicted molar refractivity (Wildman–Crippen MR) is 135 cm³/mol. The van der Waals surface area contributed by atoms with E-state index in [2.05, 4.69) is 39.8 Å². The van der Waals surface area contributed by atoms with Gasteiger partial charge in [0.15, 0.2) is 5.65 Å². The molecule has 4 fully saturated rings. The topological polar surface area (TPSA) is 91.4 Å². The SMILES string of the molecule is Nc1ncnc2c1cnn2C1CCN(C2CCN(C3CCN(C4CCNCC4)CC3)CC2)CC1. The first-order valence-electron chi connectivity index (χ1n) is 13.6. The number of nitrogens with zero attached hydrogens (tertiary/aromatic N) is 7. The summed E-state index contributed by atoms with van der Waals surface area (Å²) < 4.78 is 2.09. The van der Waals surface area contributed by atoms with E-state index in [1.807, 2.05) is 6.20 Å². The average Bonchev–Trinajstić information content (AvgIpc) is 3.35. The van der Waals surface area contributed by atoms with Crippen molar-refractivity contribution >= 4 is 16.9 Å². The van der Waals surface area contributed by atoms with Crippen molar-refractivity contribution in [1.82, 2.24) is 39.8 Å². The molecule has 0 saturated carbocycles. The third-order valence-corrected chi connectivity index (χ3v) is 9.12. The number of aromatic nitrogens is 4. The molecule has 4 saturated heterocycles. The van der Waals surface area contributed by atoms with E-state index in [4.69, 9.17) is 5.73 Å². The Labute approximate surface area is 203 Å². The zero-order chi connectivity index (χ0) is 22.9. The van der Waals surface area contributed by atoms with Gasteiger partial charge in [-0.25, -0.2) is 14.6 Å². The van der Waals surface area contributed by atoms with Crippen LogP contribution in [0, 0.1) is 0 Å². The maximum absolute atomic E-state index is 6.00. The fourth-order valence-electron chi connectivity index (χ4n) is 7.05. The third-order valence-electron chi connectivity index (χ3n) is 9.12. The van der Waals surface area contributed by atoms with Crippen LogP contribution in [-0.2, 0) is 0 Å². The van der Waals surface area contributed by atoms with Gasteiger partial charge in [-0.1, -0.05) is 0 Å². The van der Waals surface area contributed by atoms with Crippen LogP contribution < -0.4 is 11.1 Å². The third kappa shape index (κ3) is 4.55. The standard InChI is InChI=1S/C25H41N9/c26-24-23-17-30-34(25(23)29-18-28-24)22-7-15-33(16-8-22)21-5-13-32(14-6-21)20-3-11-31(12-4-20)19-1-9-27-10-2-19/h17-22,27H,1-16H2,(H2,26,28,29). The highest BCUT2D eigenvalue weighted by Crippen LogP contribution is 2.30. The molecule has 0 radical (unpaired) electrons. The molecule has 0 unspecified atom stereocenters. The quantitative estimate of drug-likeness (QED) is 0.703. The monoisotopic (exact) mass is 467 g/mol. The van der Waals surface area contributed by atoms with E-state index >= 15 is 0 Å². The summed E-state index contributed by atoms with van der Waals surface area (Å²) in [5.41, 5.74) is 6.88. The van der Waals surface area contributed by atoms with Gasteiger partial charge < -0.3 is 25.8 Å². The molecule has 0 aromatic carbocycles. The molecule has 6 heterocycles. The minimum atomic E-state index is 0.410. The van der Waals surface area contributed by atoms with Crippen LogP contribution in [0.4, 0.5) is 5.82 Å². The highest BCUT2D eigenvalue weighted by molar-refractivity contribution is 5.84. The normalized spacial score (nSPS) is 26.5. The van der Waals surface area contributed by atoms with Crippen molar-refractivity contribution in [3.63, 3.8) is 0 Å². The summed E-state index contributed by atoms with van der Waals surface area (Å²) in [6, 6.07) is 2.81. The number of likely N-dealkylation sites (tertiary alicyclic amines) is 3. The highest BCUT2D eigenvalue weighted by Gasteiger charge is 2.33. The van der Waals surface area contributed by atoms with Gasteiger partial charge >= 0.3 is 0 Å². The Balaban J connectivity index is 0.963. The first-order chi connectivity index (χ1) is 16.8. The minimum absolute atomic E-state index is 0.410. The molecule has 2 aromatic rings. The molecular weight excluding hydrogens is 426 g/mol. The van der Waals surface area contributed by atoms with E-state index < -0.39 is 0 Å². The minimum Gasteiger partial charge on any atom is -0.383 e. The molecule has 9 heteroatoms. The van der Waals surface area contributed by atoms with Gasteiger partial charge in [0.2, 0.25) is 0 Å². The summed E-state index contributed by atoms with van der Waals surface area (Å²) in [5.74, 6) is 0.525. The number of nitrogens with two attached hydrogens (primary N) is 1. The van der Waals surface area contributed by atoms with Crippen molar-refractivity contribution in [2.24, 2.45) is 0 Å². The van der Waals surface area contributed by atoms with Crippen molar-refractivity contribution in [3.05, 3.63) is 12.5 Å². The number of hydrogen-bond acceptors (Lipinski definition) is 8. The van der Waals surface area contributed by atoms with Crippen LogP contribution in [-0.4, -0.2) is 105 Å². The van der Waals surface area contributed by atoms with Crippen molar-refractivity contribution in [3.8, 4) is 0 Å².